The molecule has 13 heteroatoms. The number of ether oxygens (including phenoxy) is 1. The number of carboxylic acids is 1. The first-order chi connectivity index (χ1) is 18.2. The number of aliphatic carboxylic acids is 1. The first kappa shape index (κ1) is 26.0. The number of nitrogens with one attached hydrogen (secondary N) is 3. The molecule has 0 aromatic heterocycles. The van der Waals surface area contributed by atoms with Crippen molar-refractivity contribution in [3.8, 4) is 0 Å². The summed E-state index contributed by atoms with van der Waals surface area (Å²) in [6, 6.07) is 10.3. The summed E-state index contributed by atoms with van der Waals surface area (Å²) in [5.74, 6) is -5.01. The predicted octanol–water partition coefficient (Wildman–Crippen LogP) is 0.448. The molecular weight excluding hydrogens is 500 g/mol. The van der Waals surface area contributed by atoms with Gasteiger partial charge in [0, 0.05) is 12.8 Å². The van der Waals surface area contributed by atoms with E-state index in [9.17, 15) is 38.7 Å². The first-order valence-corrected chi connectivity index (χ1v) is 11.5. The molecule has 0 saturated carbocycles. The van der Waals surface area contributed by atoms with Crippen molar-refractivity contribution in [2.45, 2.75) is 31.3 Å². The van der Waals surface area contributed by atoms with Crippen LogP contribution in [0.5, 0.6) is 0 Å². The molecule has 4 N–H and O–H groups in total. The zero-order chi connectivity index (χ0) is 27.4. The third-order valence-corrected chi connectivity index (χ3v) is 5.96. The van der Waals surface area contributed by atoms with Crippen molar-refractivity contribution < 1.29 is 43.4 Å². The van der Waals surface area contributed by atoms with E-state index in [1.807, 2.05) is 0 Å². The van der Waals surface area contributed by atoms with E-state index in [-0.39, 0.29) is 36.1 Å². The van der Waals surface area contributed by atoms with Crippen molar-refractivity contribution in [2.24, 2.45) is 0 Å². The second kappa shape index (κ2) is 10.9. The van der Waals surface area contributed by atoms with Crippen LogP contribution in [0.15, 0.2) is 48.5 Å². The highest BCUT2D eigenvalue weighted by Crippen LogP contribution is 2.32. The molecule has 38 heavy (non-hydrogen) atoms. The normalized spacial score (nSPS) is 17.4. The Kier molecular flexibility index (Phi) is 7.46. The highest BCUT2D eigenvalue weighted by atomic mass is 16.6. The van der Waals surface area contributed by atoms with E-state index in [1.165, 1.54) is 18.2 Å². The summed E-state index contributed by atoms with van der Waals surface area (Å²) in [7, 11) is 0. The Morgan fingerprint density at radius 3 is 2.45 bits per heavy atom. The first-order valence-electron chi connectivity index (χ1n) is 11.5. The number of carbonyl (C=O) groups excluding carboxylic acids is 6. The number of piperidine rings is 1. The Labute approximate surface area is 215 Å². The Balaban J connectivity index is 1.38. The molecule has 0 bridgehead atoms. The second-order valence-corrected chi connectivity index (χ2v) is 8.52. The molecule has 1 fully saturated rings. The fraction of sp³-hybridized carbons (Fsp3) is 0.240. The van der Waals surface area contributed by atoms with Gasteiger partial charge in [0.1, 0.15) is 12.1 Å². The lowest BCUT2D eigenvalue weighted by atomic mass is 10.0. The molecule has 0 aliphatic carbocycles. The molecule has 13 nitrogen and oxygen atoms in total. The van der Waals surface area contributed by atoms with Crippen LogP contribution in [0.3, 0.4) is 0 Å². The average Bonchev–Trinajstić information content (AvgIpc) is 3.13. The van der Waals surface area contributed by atoms with Gasteiger partial charge in [-0.25, -0.2) is 9.59 Å². The number of benzene rings is 2. The highest BCUT2D eigenvalue weighted by molar-refractivity contribution is 6.26. The highest BCUT2D eigenvalue weighted by Gasteiger charge is 2.45. The van der Waals surface area contributed by atoms with Crippen LogP contribution in [-0.2, 0) is 30.3 Å². The molecule has 196 valence electrons. The van der Waals surface area contributed by atoms with Gasteiger partial charge in [0.25, 0.3) is 17.7 Å². The Morgan fingerprint density at radius 1 is 1.03 bits per heavy atom. The summed E-state index contributed by atoms with van der Waals surface area (Å²) in [5.41, 5.74) is 0.369. The molecule has 2 atom stereocenters. The van der Waals surface area contributed by atoms with Crippen LogP contribution in [0.1, 0.15) is 39.1 Å². The maximum atomic E-state index is 13.1. The molecule has 2 aliphatic rings. The lowest BCUT2D eigenvalue weighted by molar-refractivity contribution is -0.142. The van der Waals surface area contributed by atoms with E-state index in [0.717, 1.165) is 4.90 Å². The topological polar surface area (TPSA) is 188 Å². The van der Waals surface area contributed by atoms with Gasteiger partial charge in [0.05, 0.1) is 16.8 Å². The minimum atomic E-state index is -1.27. The Hall–Kier alpha value is -5.07. The zero-order valence-electron chi connectivity index (χ0n) is 19.8. The summed E-state index contributed by atoms with van der Waals surface area (Å²) < 4.78 is 4.87. The van der Waals surface area contributed by atoms with E-state index in [0.29, 0.717) is 5.56 Å². The van der Waals surface area contributed by atoms with Crippen LogP contribution in [0.25, 0.3) is 0 Å². The van der Waals surface area contributed by atoms with Crippen molar-refractivity contribution in [3.05, 3.63) is 65.2 Å². The van der Waals surface area contributed by atoms with Gasteiger partial charge in [-0.05, 0) is 24.1 Å². The number of amides is 6. The molecular formula is C25H22N4O9. The monoisotopic (exact) mass is 522 g/mol. The fourth-order valence-electron chi connectivity index (χ4n) is 4.18. The minimum Gasteiger partial charge on any atom is -0.480 e. The largest absolute Gasteiger partial charge is 0.480 e. The minimum absolute atomic E-state index is 0.0179. The fourth-order valence-corrected chi connectivity index (χ4v) is 4.18. The van der Waals surface area contributed by atoms with Crippen molar-refractivity contribution in [2.75, 3.05) is 11.9 Å². The molecule has 1 unspecified atom stereocenters. The van der Waals surface area contributed by atoms with Gasteiger partial charge in [0.15, 0.2) is 6.61 Å². The summed E-state index contributed by atoms with van der Waals surface area (Å²) in [4.78, 5) is 86.4. The third-order valence-electron chi connectivity index (χ3n) is 5.96. The van der Waals surface area contributed by atoms with E-state index in [1.54, 1.807) is 30.3 Å². The number of hydrogen-bond donors (Lipinski definition) is 4. The Bertz CT molecular complexity index is 1340. The number of rotatable bonds is 8. The van der Waals surface area contributed by atoms with Gasteiger partial charge in [0.2, 0.25) is 11.8 Å². The summed E-state index contributed by atoms with van der Waals surface area (Å²) in [5, 5.41) is 16.1. The van der Waals surface area contributed by atoms with Crippen molar-refractivity contribution >= 4 is 47.3 Å². The van der Waals surface area contributed by atoms with Gasteiger partial charge in [-0.1, -0.05) is 36.4 Å². The second-order valence-electron chi connectivity index (χ2n) is 8.52. The molecule has 2 aliphatic heterocycles. The van der Waals surface area contributed by atoms with Crippen LogP contribution < -0.4 is 16.0 Å². The van der Waals surface area contributed by atoms with Crippen LogP contribution in [0, 0.1) is 0 Å². The molecule has 0 spiro atoms. The van der Waals surface area contributed by atoms with Gasteiger partial charge >= 0.3 is 12.1 Å². The summed E-state index contributed by atoms with van der Waals surface area (Å²) in [6.07, 6.45) is -1.19. The molecule has 4 rings (SSSR count). The standard InChI is InChI=1S/C25H22N4O9/c30-18-10-9-17(21(32)28-18)29-22(33)14-7-4-8-15(20(14)23(29)34)27-25(37)38-12-19(31)26-16(24(35)36)11-13-5-2-1-3-6-13/h1-8,16-17H,9-12H2,(H,26,31)(H,27,37)(H,35,36)(H,28,30,32)/t16-,17?/m0/s1. The van der Waals surface area contributed by atoms with Gasteiger partial charge in [-0.3, -0.25) is 39.5 Å². The predicted molar refractivity (Wildman–Crippen MR) is 128 cm³/mol. The molecule has 0 radical (unpaired) electrons. The third kappa shape index (κ3) is 5.51. The summed E-state index contributed by atoms with van der Waals surface area (Å²) in [6.45, 7) is -0.811. The average molecular weight is 522 g/mol. The molecule has 2 heterocycles. The molecule has 1 saturated heterocycles. The molecule has 6 amide bonds. The van der Waals surface area contributed by atoms with Crippen molar-refractivity contribution in [1.82, 2.24) is 15.5 Å². The van der Waals surface area contributed by atoms with Crippen LogP contribution >= 0.6 is 0 Å². The smallest absolute Gasteiger partial charge is 0.412 e. The van der Waals surface area contributed by atoms with Gasteiger partial charge in [-0.2, -0.15) is 0 Å². The lowest BCUT2D eigenvalue weighted by Crippen LogP contribution is -2.54. The quantitative estimate of drug-likeness (QED) is 0.357. The SMILES string of the molecule is O=C1CCC(N2C(=O)c3cccc(NC(=O)OCC(=O)N[C@@H](Cc4ccccc4)C(=O)O)c3C2=O)C(=O)N1. The van der Waals surface area contributed by atoms with E-state index < -0.39 is 60.3 Å². The number of imide groups is 2. The van der Waals surface area contributed by atoms with Crippen LogP contribution in [0.4, 0.5) is 10.5 Å². The summed E-state index contributed by atoms with van der Waals surface area (Å²) >= 11 is 0. The van der Waals surface area contributed by atoms with E-state index >= 15 is 0 Å². The van der Waals surface area contributed by atoms with Crippen LogP contribution in [-0.4, -0.2) is 70.3 Å². The number of carboxylic acid groups (broad SMARTS) is 1. The molecule has 2 aromatic rings. The maximum Gasteiger partial charge on any atom is 0.412 e. The number of hydrogen-bond acceptors (Lipinski definition) is 8. The van der Waals surface area contributed by atoms with Crippen LogP contribution in [0.2, 0.25) is 0 Å². The van der Waals surface area contributed by atoms with Crippen molar-refractivity contribution in [1.29, 1.82) is 0 Å². The lowest BCUT2D eigenvalue weighted by Gasteiger charge is -2.27. The number of nitrogens with zero attached hydrogens (tertiary/aromatic N) is 1. The number of carbonyl (C=O) groups is 7. The van der Waals surface area contributed by atoms with Gasteiger partial charge < -0.3 is 15.2 Å². The van der Waals surface area contributed by atoms with E-state index in [4.69, 9.17) is 4.74 Å². The van der Waals surface area contributed by atoms with E-state index in [2.05, 4.69) is 16.0 Å². The maximum absolute atomic E-state index is 13.1. The van der Waals surface area contributed by atoms with Crippen molar-refractivity contribution in [3.63, 3.8) is 0 Å². The zero-order valence-corrected chi connectivity index (χ0v) is 19.8. The van der Waals surface area contributed by atoms with Gasteiger partial charge in [-0.15, -0.1) is 0 Å². The molecule has 2 aromatic carbocycles. The Morgan fingerprint density at radius 2 is 1.76 bits per heavy atom. The number of fused-ring (bicyclic) bond motifs is 1. The number of anilines is 1.